The molecule has 6 heteroatoms. The first kappa shape index (κ1) is 21.1. The van der Waals surface area contributed by atoms with E-state index in [4.69, 9.17) is 5.10 Å². The van der Waals surface area contributed by atoms with E-state index in [1.54, 1.807) is 36.1 Å². The maximum Gasteiger partial charge on any atom is 0.259 e. The number of hydrogen-bond acceptors (Lipinski definition) is 3. The predicted octanol–water partition coefficient (Wildman–Crippen LogP) is 4.77. The summed E-state index contributed by atoms with van der Waals surface area (Å²) in [6.07, 6.45) is 1.75. The lowest BCUT2D eigenvalue weighted by molar-refractivity contribution is 0.0962. The van der Waals surface area contributed by atoms with Gasteiger partial charge in [-0.1, -0.05) is 48.0 Å². The zero-order valence-corrected chi connectivity index (χ0v) is 18.2. The third kappa shape index (κ3) is 4.30. The van der Waals surface area contributed by atoms with Crippen LogP contribution in [0.4, 0.5) is 5.69 Å². The molecule has 0 bridgehead atoms. The summed E-state index contributed by atoms with van der Waals surface area (Å²) in [6.45, 7) is 3.88. The van der Waals surface area contributed by atoms with E-state index >= 15 is 0 Å². The second-order valence-electron chi connectivity index (χ2n) is 7.60. The summed E-state index contributed by atoms with van der Waals surface area (Å²) in [5.41, 5.74) is 5.93. The molecule has 160 valence electrons. The molecule has 1 heterocycles. The van der Waals surface area contributed by atoms with Crippen molar-refractivity contribution in [2.45, 2.75) is 13.8 Å². The molecule has 3 aromatic carbocycles. The van der Waals surface area contributed by atoms with Gasteiger partial charge in [-0.25, -0.2) is 4.68 Å². The van der Waals surface area contributed by atoms with Gasteiger partial charge < -0.3 is 10.6 Å². The number of nitrogens with zero attached hydrogens (tertiary/aromatic N) is 2. The first-order chi connectivity index (χ1) is 15.5. The lowest BCUT2D eigenvalue weighted by Gasteiger charge is -2.10. The zero-order valence-electron chi connectivity index (χ0n) is 18.2. The number of anilines is 1. The monoisotopic (exact) mass is 424 g/mol. The summed E-state index contributed by atoms with van der Waals surface area (Å²) in [6, 6.07) is 22.8. The molecule has 4 rings (SSSR count). The Morgan fingerprint density at radius 1 is 0.875 bits per heavy atom. The Bertz CT molecular complexity index is 1280. The Balaban J connectivity index is 1.71. The highest BCUT2D eigenvalue weighted by molar-refractivity contribution is 6.08. The number of amides is 2. The van der Waals surface area contributed by atoms with Gasteiger partial charge in [0.2, 0.25) is 0 Å². The van der Waals surface area contributed by atoms with E-state index in [-0.39, 0.29) is 11.8 Å². The van der Waals surface area contributed by atoms with Gasteiger partial charge >= 0.3 is 0 Å². The Labute approximate surface area is 186 Å². The number of nitrogens with one attached hydrogen (secondary N) is 2. The smallest absolute Gasteiger partial charge is 0.259 e. The second kappa shape index (κ2) is 8.89. The summed E-state index contributed by atoms with van der Waals surface area (Å²) in [4.78, 5) is 25.2. The molecular weight excluding hydrogens is 400 g/mol. The fraction of sp³-hybridized carbons (Fsp3) is 0.115. The van der Waals surface area contributed by atoms with Gasteiger partial charge in [-0.3, -0.25) is 9.59 Å². The molecule has 2 amide bonds. The van der Waals surface area contributed by atoms with E-state index in [2.05, 4.69) is 10.6 Å². The lowest BCUT2D eigenvalue weighted by atomic mass is 10.1. The first-order valence-electron chi connectivity index (χ1n) is 10.3. The van der Waals surface area contributed by atoms with E-state index in [1.165, 1.54) is 0 Å². The topological polar surface area (TPSA) is 76.0 Å². The Hall–Kier alpha value is -4.19. The van der Waals surface area contributed by atoms with Crippen LogP contribution in [0.2, 0.25) is 0 Å². The minimum Gasteiger partial charge on any atom is -0.355 e. The van der Waals surface area contributed by atoms with Crippen LogP contribution < -0.4 is 10.6 Å². The minimum atomic E-state index is -0.266. The van der Waals surface area contributed by atoms with Crippen LogP contribution in [-0.2, 0) is 0 Å². The molecule has 0 saturated carbocycles. The van der Waals surface area contributed by atoms with Crippen LogP contribution >= 0.6 is 0 Å². The highest BCUT2D eigenvalue weighted by atomic mass is 16.2. The van der Waals surface area contributed by atoms with Crippen molar-refractivity contribution in [2.75, 3.05) is 12.4 Å². The molecule has 0 unspecified atom stereocenters. The van der Waals surface area contributed by atoms with E-state index in [9.17, 15) is 9.59 Å². The maximum absolute atomic E-state index is 13.3. The minimum absolute atomic E-state index is 0.170. The normalized spacial score (nSPS) is 10.6. The summed E-state index contributed by atoms with van der Waals surface area (Å²) < 4.78 is 1.72. The number of aromatic nitrogens is 2. The fourth-order valence-corrected chi connectivity index (χ4v) is 3.46. The van der Waals surface area contributed by atoms with Crippen LogP contribution in [0, 0.1) is 13.8 Å². The molecule has 0 radical (unpaired) electrons. The summed E-state index contributed by atoms with van der Waals surface area (Å²) in [5, 5.41) is 10.3. The highest BCUT2D eigenvalue weighted by Crippen LogP contribution is 2.26. The zero-order chi connectivity index (χ0) is 22.7. The van der Waals surface area contributed by atoms with Crippen molar-refractivity contribution in [1.29, 1.82) is 0 Å². The van der Waals surface area contributed by atoms with Crippen LogP contribution in [0.25, 0.3) is 16.9 Å². The standard InChI is InChI=1S/C26H24N4O2/c1-17-9-12-21(13-10-17)30-16-22(24(29-30)19-7-5-4-6-8-19)26(32)28-23-14-11-20(15-18(23)2)25(31)27-3/h4-16H,1-3H3,(H,27,31)(H,28,32). The summed E-state index contributed by atoms with van der Waals surface area (Å²) in [5.74, 6) is -0.435. The largest absolute Gasteiger partial charge is 0.355 e. The van der Waals surface area contributed by atoms with E-state index in [0.29, 0.717) is 22.5 Å². The van der Waals surface area contributed by atoms with Crippen LogP contribution in [0.3, 0.4) is 0 Å². The molecule has 0 aliphatic heterocycles. The van der Waals surface area contributed by atoms with Crippen LogP contribution in [0.15, 0.2) is 79.0 Å². The molecule has 6 nitrogen and oxygen atoms in total. The van der Waals surface area contributed by atoms with E-state index in [0.717, 1.165) is 22.4 Å². The molecule has 0 atom stereocenters. The van der Waals surface area contributed by atoms with Crippen molar-refractivity contribution in [1.82, 2.24) is 15.1 Å². The average Bonchev–Trinajstić information content (AvgIpc) is 3.26. The van der Waals surface area contributed by atoms with Crippen molar-refractivity contribution >= 4 is 17.5 Å². The third-order valence-corrected chi connectivity index (χ3v) is 5.27. The molecular formula is C26H24N4O2. The van der Waals surface area contributed by atoms with Crippen LogP contribution in [0.5, 0.6) is 0 Å². The van der Waals surface area contributed by atoms with Crippen molar-refractivity contribution in [3.05, 3.63) is 101 Å². The molecule has 0 fully saturated rings. The quantitative estimate of drug-likeness (QED) is 0.485. The number of benzene rings is 3. The summed E-state index contributed by atoms with van der Waals surface area (Å²) in [7, 11) is 1.59. The van der Waals surface area contributed by atoms with Crippen molar-refractivity contribution in [3.63, 3.8) is 0 Å². The molecule has 0 spiro atoms. The van der Waals surface area contributed by atoms with Crippen LogP contribution in [-0.4, -0.2) is 28.6 Å². The molecule has 2 N–H and O–H groups in total. The predicted molar refractivity (Wildman–Crippen MR) is 126 cm³/mol. The van der Waals surface area contributed by atoms with Gasteiger partial charge in [0.1, 0.15) is 5.69 Å². The third-order valence-electron chi connectivity index (χ3n) is 5.27. The Kier molecular flexibility index (Phi) is 5.85. The molecule has 32 heavy (non-hydrogen) atoms. The SMILES string of the molecule is CNC(=O)c1ccc(NC(=O)c2cn(-c3ccc(C)cc3)nc2-c2ccccc2)c(C)c1. The number of rotatable bonds is 5. The van der Waals surface area contributed by atoms with Crippen molar-refractivity contribution in [2.24, 2.45) is 0 Å². The molecule has 4 aromatic rings. The van der Waals surface area contributed by atoms with Gasteiger partial charge in [-0.05, 0) is 49.7 Å². The van der Waals surface area contributed by atoms with E-state index in [1.807, 2.05) is 68.4 Å². The number of carbonyl (C=O) groups is 2. The first-order valence-corrected chi connectivity index (χ1v) is 10.3. The Morgan fingerprint density at radius 2 is 1.59 bits per heavy atom. The maximum atomic E-state index is 13.3. The number of hydrogen-bond donors (Lipinski definition) is 2. The number of aryl methyl sites for hydroxylation is 2. The molecule has 1 aromatic heterocycles. The summed E-state index contributed by atoms with van der Waals surface area (Å²) >= 11 is 0. The second-order valence-corrected chi connectivity index (χ2v) is 7.60. The van der Waals surface area contributed by atoms with Gasteiger partial charge in [-0.2, -0.15) is 5.10 Å². The Morgan fingerprint density at radius 3 is 2.25 bits per heavy atom. The highest BCUT2D eigenvalue weighted by Gasteiger charge is 2.19. The fourth-order valence-electron chi connectivity index (χ4n) is 3.46. The van der Waals surface area contributed by atoms with Gasteiger partial charge in [-0.15, -0.1) is 0 Å². The van der Waals surface area contributed by atoms with Gasteiger partial charge in [0, 0.05) is 30.1 Å². The van der Waals surface area contributed by atoms with Crippen LogP contribution in [0.1, 0.15) is 31.8 Å². The van der Waals surface area contributed by atoms with Gasteiger partial charge in [0.25, 0.3) is 11.8 Å². The molecule has 0 aliphatic rings. The van der Waals surface area contributed by atoms with Gasteiger partial charge in [0.05, 0.1) is 11.3 Å². The molecule has 0 saturated heterocycles. The van der Waals surface area contributed by atoms with Crippen molar-refractivity contribution < 1.29 is 9.59 Å². The van der Waals surface area contributed by atoms with E-state index < -0.39 is 0 Å². The van der Waals surface area contributed by atoms with Gasteiger partial charge in [0.15, 0.2) is 0 Å². The molecule has 0 aliphatic carbocycles. The van der Waals surface area contributed by atoms with Crippen molar-refractivity contribution in [3.8, 4) is 16.9 Å². The number of carbonyl (C=O) groups excluding carboxylic acids is 2. The average molecular weight is 425 g/mol. The lowest BCUT2D eigenvalue weighted by Crippen LogP contribution is -2.18.